The molecule has 156 valence electrons. The zero-order valence-corrected chi connectivity index (χ0v) is 15.6. The number of hydrogen-bond acceptors (Lipinski definition) is 4. The van der Waals surface area contributed by atoms with Gasteiger partial charge in [0.1, 0.15) is 5.75 Å². The normalized spacial score (nSPS) is 13.2. The lowest BCUT2D eigenvalue weighted by molar-refractivity contribution is -0.274. The van der Waals surface area contributed by atoms with Crippen molar-refractivity contribution in [3.8, 4) is 5.75 Å². The first-order chi connectivity index (χ1) is 14.7. The van der Waals surface area contributed by atoms with Gasteiger partial charge in [-0.05, 0) is 48.5 Å². The molecule has 3 aromatic rings. The second kappa shape index (κ2) is 7.60. The summed E-state index contributed by atoms with van der Waals surface area (Å²) in [6, 6.07) is 17.0. The van der Waals surface area contributed by atoms with Gasteiger partial charge in [0.05, 0.1) is 22.4 Å². The summed E-state index contributed by atoms with van der Waals surface area (Å²) < 4.78 is 40.6. The van der Waals surface area contributed by atoms with Gasteiger partial charge >= 0.3 is 6.36 Å². The number of para-hydroxylation sites is 1. The molecule has 1 N–H and O–H groups in total. The number of halogens is 3. The maximum Gasteiger partial charge on any atom is 0.573 e. The Balaban J connectivity index is 1.59. The predicted molar refractivity (Wildman–Crippen MR) is 105 cm³/mol. The largest absolute Gasteiger partial charge is 0.573 e. The van der Waals surface area contributed by atoms with Crippen molar-refractivity contribution in [2.24, 2.45) is 0 Å². The highest BCUT2D eigenvalue weighted by Gasteiger charge is 2.38. The number of carbonyl (C=O) groups is 3. The van der Waals surface area contributed by atoms with Crippen LogP contribution in [0.4, 0.5) is 24.5 Å². The fourth-order valence-electron chi connectivity index (χ4n) is 3.21. The van der Waals surface area contributed by atoms with E-state index in [0.29, 0.717) is 0 Å². The molecule has 0 fully saturated rings. The van der Waals surface area contributed by atoms with E-state index in [9.17, 15) is 27.6 Å². The third-order valence-electron chi connectivity index (χ3n) is 4.53. The zero-order chi connectivity index (χ0) is 22.2. The predicted octanol–water partition coefficient (Wildman–Crippen LogP) is 4.64. The maximum atomic E-state index is 12.8. The van der Waals surface area contributed by atoms with Gasteiger partial charge in [0, 0.05) is 5.69 Å². The van der Waals surface area contributed by atoms with Crippen LogP contribution in [0.2, 0.25) is 0 Å². The number of amides is 3. The summed E-state index contributed by atoms with van der Waals surface area (Å²) in [5.41, 5.74) is 0.832. The van der Waals surface area contributed by atoms with E-state index >= 15 is 0 Å². The average molecular weight is 426 g/mol. The number of benzene rings is 3. The minimum Gasteiger partial charge on any atom is -0.406 e. The first kappa shape index (κ1) is 20.1. The molecule has 0 unspecified atom stereocenters. The van der Waals surface area contributed by atoms with Crippen LogP contribution in [-0.2, 0) is 0 Å². The third kappa shape index (κ3) is 3.97. The number of ether oxygens (including phenoxy) is 1. The Morgan fingerprint density at radius 3 is 1.94 bits per heavy atom. The monoisotopic (exact) mass is 426 g/mol. The molecule has 0 saturated carbocycles. The van der Waals surface area contributed by atoms with Crippen LogP contribution in [0.1, 0.15) is 31.1 Å². The van der Waals surface area contributed by atoms with Crippen LogP contribution in [-0.4, -0.2) is 24.1 Å². The standard InChI is InChI=1S/C22H13F3N2O4/c23-22(24,25)31-14-11-9-13(10-12-14)26-19(28)17-7-3-4-8-18(17)27-20(29)15-5-1-2-6-16(15)21(27)30/h1-12H,(H,26,28). The van der Waals surface area contributed by atoms with Crippen molar-refractivity contribution in [1.82, 2.24) is 0 Å². The molecule has 0 radical (unpaired) electrons. The van der Waals surface area contributed by atoms with Crippen molar-refractivity contribution in [2.75, 3.05) is 10.2 Å². The summed E-state index contributed by atoms with van der Waals surface area (Å²) in [7, 11) is 0. The first-order valence-electron chi connectivity index (χ1n) is 8.98. The number of alkyl halides is 3. The summed E-state index contributed by atoms with van der Waals surface area (Å²) in [6.45, 7) is 0. The number of carbonyl (C=O) groups excluding carboxylic acids is 3. The second-order valence-electron chi connectivity index (χ2n) is 6.53. The summed E-state index contributed by atoms with van der Waals surface area (Å²) >= 11 is 0. The highest BCUT2D eigenvalue weighted by Crippen LogP contribution is 2.31. The van der Waals surface area contributed by atoms with Gasteiger partial charge in [0.25, 0.3) is 17.7 Å². The van der Waals surface area contributed by atoms with Crippen molar-refractivity contribution in [1.29, 1.82) is 0 Å². The van der Waals surface area contributed by atoms with E-state index in [0.717, 1.165) is 17.0 Å². The number of nitrogens with zero attached hydrogens (tertiary/aromatic N) is 1. The van der Waals surface area contributed by atoms with Crippen LogP contribution in [0.25, 0.3) is 0 Å². The van der Waals surface area contributed by atoms with Crippen molar-refractivity contribution in [2.45, 2.75) is 6.36 Å². The number of fused-ring (bicyclic) bond motifs is 1. The van der Waals surface area contributed by atoms with E-state index in [1.54, 1.807) is 24.3 Å². The van der Waals surface area contributed by atoms with Gasteiger partial charge in [-0.25, -0.2) is 4.90 Å². The van der Waals surface area contributed by atoms with Crippen molar-refractivity contribution in [3.05, 3.63) is 89.5 Å². The van der Waals surface area contributed by atoms with E-state index in [1.165, 1.54) is 36.4 Å². The topological polar surface area (TPSA) is 75.7 Å². The molecule has 1 heterocycles. The summed E-state index contributed by atoms with van der Waals surface area (Å²) in [5, 5.41) is 2.54. The fraction of sp³-hybridized carbons (Fsp3) is 0.0455. The molecule has 0 aromatic heterocycles. The van der Waals surface area contributed by atoms with Crippen LogP contribution < -0.4 is 15.0 Å². The second-order valence-corrected chi connectivity index (χ2v) is 6.53. The molecule has 0 saturated heterocycles. The van der Waals surface area contributed by atoms with Crippen molar-refractivity contribution in [3.63, 3.8) is 0 Å². The average Bonchev–Trinajstić information content (AvgIpc) is 2.99. The number of nitrogens with one attached hydrogen (secondary N) is 1. The smallest absolute Gasteiger partial charge is 0.406 e. The summed E-state index contributed by atoms with van der Waals surface area (Å²) in [5.74, 6) is -2.17. The lowest BCUT2D eigenvalue weighted by atomic mass is 10.1. The quantitative estimate of drug-likeness (QED) is 0.617. The Morgan fingerprint density at radius 2 is 1.35 bits per heavy atom. The van der Waals surface area contributed by atoms with E-state index in [4.69, 9.17) is 0 Å². The maximum absolute atomic E-state index is 12.8. The van der Waals surface area contributed by atoms with Crippen molar-refractivity contribution < 1.29 is 32.3 Å². The zero-order valence-electron chi connectivity index (χ0n) is 15.6. The molecule has 9 heteroatoms. The molecule has 0 bridgehead atoms. The van der Waals surface area contributed by atoms with Gasteiger partial charge in [-0.15, -0.1) is 13.2 Å². The molecule has 0 spiro atoms. The molecule has 1 aliphatic rings. The van der Waals surface area contributed by atoms with E-state index in [2.05, 4.69) is 10.1 Å². The lowest BCUT2D eigenvalue weighted by Crippen LogP contribution is -2.31. The summed E-state index contributed by atoms with van der Waals surface area (Å²) in [6.07, 6.45) is -4.82. The highest BCUT2D eigenvalue weighted by atomic mass is 19.4. The minimum absolute atomic E-state index is 0.0487. The number of anilines is 2. The lowest BCUT2D eigenvalue weighted by Gasteiger charge is -2.18. The molecule has 31 heavy (non-hydrogen) atoms. The molecule has 0 aliphatic carbocycles. The fourth-order valence-corrected chi connectivity index (χ4v) is 3.21. The van der Waals surface area contributed by atoms with Gasteiger partial charge in [-0.2, -0.15) is 0 Å². The number of hydrogen-bond donors (Lipinski definition) is 1. The van der Waals surface area contributed by atoms with Crippen LogP contribution in [0, 0.1) is 0 Å². The first-order valence-corrected chi connectivity index (χ1v) is 8.98. The Bertz CT molecular complexity index is 1150. The number of rotatable bonds is 4. The minimum atomic E-state index is -4.82. The highest BCUT2D eigenvalue weighted by molar-refractivity contribution is 6.35. The Labute approximate surface area is 173 Å². The van der Waals surface area contributed by atoms with Gasteiger partial charge in [0.15, 0.2) is 0 Å². The van der Waals surface area contributed by atoms with Gasteiger partial charge in [-0.3, -0.25) is 14.4 Å². The molecule has 4 rings (SSSR count). The molecule has 1 aliphatic heterocycles. The Morgan fingerprint density at radius 1 is 0.806 bits per heavy atom. The molecular formula is C22H13F3N2O4. The van der Waals surface area contributed by atoms with E-state index in [-0.39, 0.29) is 28.1 Å². The van der Waals surface area contributed by atoms with E-state index < -0.39 is 29.8 Å². The molecule has 0 atom stereocenters. The van der Waals surface area contributed by atoms with Crippen LogP contribution >= 0.6 is 0 Å². The Hall–Kier alpha value is -4.14. The van der Waals surface area contributed by atoms with E-state index in [1.807, 2.05) is 0 Å². The molecular weight excluding hydrogens is 413 g/mol. The SMILES string of the molecule is O=C(Nc1ccc(OC(F)(F)F)cc1)c1ccccc1N1C(=O)c2ccccc2C1=O. The summed E-state index contributed by atoms with van der Waals surface area (Å²) in [4.78, 5) is 39.3. The van der Waals surface area contributed by atoms with Gasteiger partial charge in [-0.1, -0.05) is 24.3 Å². The van der Waals surface area contributed by atoms with Crippen molar-refractivity contribution >= 4 is 29.1 Å². The van der Waals surface area contributed by atoms with Gasteiger partial charge < -0.3 is 10.1 Å². The molecule has 6 nitrogen and oxygen atoms in total. The Kier molecular flexibility index (Phi) is 4.94. The third-order valence-corrected chi connectivity index (χ3v) is 4.53. The van der Waals surface area contributed by atoms with Crippen LogP contribution in [0.15, 0.2) is 72.8 Å². The number of imide groups is 1. The van der Waals surface area contributed by atoms with Gasteiger partial charge in [0.2, 0.25) is 0 Å². The van der Waals surface area contributed by atoms with Crippen LogP contribution in [0.5, 0.6) is 5.75 Å². The molecule has 3 aromatic carbocycles. The van der Waals surface area contributed by atoms with Crippen LogP contribution in [0.3, 0.4) is 0 Å². The molecule has 3 amide bonds.